The molecule has 0 aliphatic rings. The monoisotopic (exact) mass is 366 g/mol. The zero-order chi connectivity index (χ0) is 17.7. The summed E-state index contributed by atoms with van der Waals surface area (Å²) in [7, 11) is 0. The van der Waals surface area contributed by atoms with Gasteiger partial charge in [-0.25, -0.2) is 4.39 Å². The van der Waals surface area contributed by atoms with Crippen molar-refractivity contribution < 1.29 is 13.9 Å². The van der Waals surface area contributed by atoms with Gasteiger partial charge in [-0.2, -0.15) is 0 Å². The van der Waals surface area contributed by atoms with Gasteiger partial charge < -0.3 is 15.8 Å². The minimum Gasteiger partial charge on any atom is -0.457 e. The maximum Gasteiger partial charge on any atom is 0.224 e. The van der Waals surface area contributed by atoms with Crippen LogP contribution in [-0.2, 0) is 11.3 Å². The number of rotatable bonds is 6. The number of nitrogens with one attached hydrogen (secondary N) is 1. The molecule has 2 aromatic carbocycles. The van der Waals surface area contributed by atoms with E-state index in [2.05, 4.69) is 5.32 Å². The topological polar surface area (TPSA) is 64.4 Å². The molecule has 0 saturated heterocycles. The molecule has 6 heteroatoms. The molecule has 136 valence electrons. The predicted octanol–water partition coefficient (Wildman–Crippen LogP) is 3.95. The normalized spacial score (nSPS) is 12.7. The van der Waals surface area contributed by atoms with Crippen LogP contribution in [-0.4, -0.2) is 11.9 Å². The largest absolute Gasteiger partial charge is 0.457 e. The maximum absolute atomic E-state index is 12.9. The zero-order valence-electron chi connectivity index (χ0n) is 14.6. The molecule has 0 spiro atoms. The highest BCUT2D eigenvalue weighted by Crippen LogP contribution is 2.26. The van der Waals surface area contributed by atoms with Crippen LogP contribution in [0.4, 0.5) is 4.39 Å². The predicted molar refractivity (Wildman–Crippen MR) is 99.6 cm³/mol. The molecule has 0 aliphatic heterocycles. The molecule has 0 saturated carbocycles. The molecule has 2 unspecified atom stereocenters. The van der Waals surface area contributed by atoms with Gasteiger partial charge in [-0.3, -0.25) is 4.79 Å². The average Bonchev–Trinajstić information content (AvgIpc) is 2.56. The zero-order valence-corrected chi connectivity index (χ0v) is 15.4. The summed E-state index contributed by atoms with van der Waals surface area (Å²) >= 11 is 0. The van der Waals surface area contributed by atoms with Crippen LogP contribution in [0.25, 0.3) is 0 Å². The Balaban J connectivity index is 0.00000312. The quantitative estimate of drug-likeness (QED) is 0.813. The van der Waals surface area contributed by atoms with Crippen molar-refractivity contribution in [2.45, 2.75) is 33.4 Å². The van der Waals surface area contributed by atoms with Crippen molar-refractivity contribution in [1.82, 2.24) is 5.32 Å². The molecule has 0 bridgehead atoms. The molecule has 0 aliphatic carbocycles. The van der Waals surface area contributed by atoms with Crippen LogP contribution in [0.2, 0.25) is 0 Å². The third-order valence-electron chi connectivity index (χ3n) is 3.95. The summed E-state index contributed by atoms with van der Waals surface area (Å²) in [4.78, 5) is 11.9. The Morgan fingerprint density at radius 1 is 1.20 bits per heavy atom. The van der Waals surface area contributed by atoms with Gasteiger partial charge >= 0.3 is 0 Å². The van der Waals surface area contributed by atoms with E-state index in [9.17, 15) is 9.18 Å². The molecule has 2 aromatic rings. The van der Waals surface area contributed by atoms with Gasteiger partial charge in [0.25, 0.3) is 0 Å². The van der Waals surface area contributed by atoms with Crippen LogP contribution in [0.1, 0.15) is 25.0 Å². The number of benzene rings is 2. The molecule has 0 aromatic heterocycles. The summed E-state index contributed by atoms with van der Waals surface area (Å²) in [6, 6.07) is 11.4. The minimum absolute atomic E-state index is 0. The molecule has 4 nitrogen and oxygen atoms in total. The first kappa shape index (κ1) is 20.9. The SMILES string of the molecule is Cc1cc(CNC(=O)C(C)C(C)N)ccc1Oc1ccc(F)cc1.Cl. The number of hydrogen-bond acceptors (Lipinski definition) is 3. The summed E-state index contributed by atoms with van der Waals surface area (Å²) in [6.07, 6.45) is 0. The van der Waals surface area contributed by atoms with E-state index in [1.807, 2.05) is 39.0 Å². The van der Waals surface area contributed by atoms with Crippen LogP contribution in [0.5, 0.6) is 11.5 Å². The lowest BCUT2D eigenvalue weighted by atomic mass is 10.0. The number of carbonyl (C=O) groups is 1. The van der Waals surface area contributed by atoms with E-state index < -0.39 is 0 Å². The van der Waals surface area contributed by atoms with Crippen LogP contribution < -0.4 is 15.8 Å². The van der Waals surface area contributed by atoms with Crippen molar-refractivity contribution in [1.29, 1.82) is 0 Å². The fourth-order valence-corrected chi connectivity index (χ4v) is 2.15. The fraction of sp³-hybridized carbons (Fsp3) is 0.316. The number of ether oxygens (including phenoxy) is 1. The smallest absolute Gasteiger partial charge is 0.224 e. The lowest BCUT2D eigenvalue weighted by Crippen LogP contribution is -2.38. The first-order valence-corrected chi connectivity index (χ1v) is 7.93. The van der Waals surface area contributed by atoms with E-state index in [4.69, 9.17) is 10.5 Å². The maximum atomic E-state index is 12.9. The van der Waals surface area contributed by atoms with Gasteiger partial charge in [0.05, 0.1) is 0 Å². The molecule has 2 rings (SSSR count). The summed E-state index contributed by atoms with van der Waals surface area (Å²) in [5, 5.41) is 2.88. The number of halogens is 2. The molecular formula is C19H24ClFN2O2. The Bertz CT molecular complexity index is 705. The molecule has 0 heterocycles. The summed E-state index contributed by atoms with van der Waals surface area (Å²) in [6.45, 7) is 5.99. The first-order valence-electron chi connectivity index (χ1n) is 7.93. The highest BCUT2D eigenvalue weighted by Gasteiger charge is 2.16. The van der Waals surface area contributed by atoms with Gasteiger partial charge in [-0.05, 0) is 55.3 Å². The Hall–Kier alpha value is -2.11. The van der Waals surface area contributed by atoms with Crippen LogP contribution in [0.3, 0.4) is 0 Å². The van der Waals surface area contributed by atoms with Crippen molar-refractivity contribution in [2.75, 3.05) is 0 Å². The van der Waals surface area contributed by atoms with Gasteiger partial charge in [0.15, 0.2) is 0 Å². The molecular weight excluding hydrogens is 343 g/mol. The third kappa shape index (κ3) is 6.03. The number of nitrogens with two attached hydrogens (primary N) is 1. The number of amides is 1. The summed E-state index contributed by atoms with van der Waals surface area (Å²) < 4.78 is 18.7. The van der Waals surface area contributed by atoms with Crippen molar-refractivity contribution >= 4 is 18.3 Å². The molecule has 0 radical (unpaired) electrons. The average molecular weight is 367 g/mol. The van der Waals surface area contributed by atoms with Crippen LogP contribution in [0.15, 0.2) is 42.5 Å². The standard InChI is InChI=1S/C19H23FN2O2.ClH/c1-12-10-15(11-22-19(23)13(2)14(3)21)4-9-18(12)24-17-7-5-16(20)6-8-17;/h4-10,13-14H,11,21H2,1-3H3,(H,22,23);1H. The van der Waals surface area contributed by atoms with E-state index in [0.29, 0.717) is 18.0 Å². The Morgan fingerprint density at radius 2 is 1.84 bits per heavy atom. The van der Waals surface area contributed by atoms with Gasteiger partial charge in [-0.15, -0.1) is 12.4 Å². The second-order valence-electron chi connectivity index (χ2n) is 6.02. The Labute approximate surface area is 154 Å². The molecule has 3 N–H and O–H groups in total. The van der Waals surface area contributed by atoms with E-state index in [1.54, 1.807) is 12.1 Å². The highest BCUT2D eigenvalue weighted by molar-refractivity contribution is 5.85. The lowest BCUT2D eigenvalue weighted by molar-refractivity contribution is -0.125. The van der Waals surface area contributed by atoms with Crippen LogP contribution >= 0.6 is 12.4 Å². The number of carbonyl (C=O) groups excluding carboxylic acids is 1. The molecule has 25 heavy (non-hydrogen) atoms. The first-order chi connectivity index (χ1) is 11.4. The minimum atomic E-state index is -0.300. The fourth-order valence-electron chi connectivity index (χ4n) is 2.15. The van der Waals surface area contributed by atoms with E-state index >= 15 is 0 Å². The van der Waals surface area contributed by atoms with Crippen molar-refractivity contribution in [2.24, 2.45) is 11.7 Å². The van der Waals surface area contributed by atoms with E-state index in [0.717, 1.165) is 11.1 Å². The molecule has 0 fully saturated rings. The van der Waals surface area contributed by atoms with Crippen LogP contribution in [0, 0.1) is 18.7 Å². The summed E-state index contributed by atoms with van der Waals surface area (Å²) in [5.41, 5.74) is 7.64. The number of aryl methyl sites for hydroxylation is 1. The third-order valence-corrected chi connectivity index (χ3v) is 3.95. The van der Waals surface area contributed by atoms with Crippen molar-refractivity contribution in [3.63, 3.8) is 0 Å². The molecule has 2 atom stereocenters. The highest BCUT2D eigenvalue weighted by atomic mass is 35.5. The summed E-state index contributed by atoms with van der Waals surface area (Å²) in [5.74, 6) is 0.680. The second kappa shape index (κ2) is 9.39. The number of hydrogen-bond donors (Lipinski definition) is 2. The van der Waals surface area contributed by atoms with E-state index in [-0.39, 0.29) is 36.1 Å². The second-order valence-corrected chi connectivity index (χ2v) is 6.02. The van der Waals surface area contributed by atoms with Gasteiger partial charge in [0, 0.05) is 18.5 Å². The van der Waals surface area contributed by atoms with Crippen molar-refractivity contribution in [3.05, 3.63) is 59.4 Å². The Morgan fingerprint density at radius 3 is 2.40 bits per heavy atom. The Kier molecular flexibility index (Phi) is 7.87. The van der Waals surface area contributed by atoms with E-state index in [1.165, 1.54) is 12.1 Å². The lowest BCUT2D eigenvalue weighted by Gasteiger charge is -2.16. The van der Waals surface area contributed by atoms with Gasteiger partial charge in [0.2, 0.25) is 5.91 Å². The van der Waals surface area contributed by atoms with Gasteiger partial charge in [-0.1, -0.05) is 19.1 Å². The van der Waals surface area contributed by atoms with Gasteiger partial charge in [0.1, 0.15) is 17.3 Å². The molecule has 1 amide bonds. The van der Waals surface area contributed by atoms with Crippen molar-refractivity contribution in [3.8, 4) is 11.5 Å².